The molecular weight excluding hydrogens is 181 g/mol. The first-order valence-electron chi connectivity index (χ1n) is 3.81. The van der Waals surface area contributed by atoms with Crippen molar-refractivity contribution in [1.82, 2.24) is 0 Å². The molecule has 0 aliphatic carbocycles. The third kappa shape index (κ3) is 3.06. The Labute approximate surface area is 73.8 Å². The normalized spacial score (nSPS) is 13.3. The molecule has 0 saturated carbocycles. The lowest BCUT2D eigenvalue weighted by Gasteiger charge is -2.09. The van der Waals surface area contributed by atoms with Crippen molar-refractivity contribution in [2.45, 2.75) is 19.0 Å². The van der Waals surface area contributed by atoms with E-state index < -0.39 is 24.8 Å². The Morgan fingerprint density at radius 2 is 2.00 bits per heavy atom. The van der Waals surface area contributed by atoms with Crippen molar-refractivity contribution < 1.29 is 18.3 Å². The van der Waals surface area contributed by atoms with E-state index in [1.165, 1.54) is 18.2 Å². The minimum absolute atomic E-state index is 0.181. The molecule has 1 unspecified atom stereocenters. The van der Waals surface area contributed by atoms with Crippen LogP contribution in [0.15, 0.2) is 24.3 Å². The quantitative estimate of drug-likeness (QED) is 0.776. The number of aliphatic hydroxyl groups excluding tert-OH is 1. The number of rotatable bonds is 3. The van der Waals surface area contributed by atoms with Gasteiger partial charge in [-0.1, -0.05) is 12.1 Å². The highest BCUT2D eigenvalue weighted by molar-refractivity contribution is 5.18. The number of halogens is 3. The largest absolute Gasteiger partial charge is 0.388 e. The van der Waals surface area contributed by atoms with E-state index in [9.17, 15) is 13.2 Å². The van der Waals surface area contributed by atoms with Crippen molar-refractivity contribution in [1.29, 1.82) is 0 Å². The molecule has 1 aromatic carbocycles. The average Bonchev–Trinajstić information content (AvgIpc) is 2.03. The van der Waals surface area contributed by atoms with Crippen LogP contribution < -0.4 is 0 Å². The lowest BCUT2D eigenvalue weighted by Crippen LogP contribution is -2.03. The van der Waals surface area contributed by atoms with Gasteiger partial charge in [0.2, 0.25) is 6.43 Å². The van der Waals surface area contributed by atoms with Gasteiger partial charge in [0.25, 0.3) is 0 Å². The fraction of sp³-hybridized carbons (Fsp3) is 0.333. The standard InChI is InChI=1S/C9H9F3O/c10-7-3-1-2-6(4-7)8(13)5-9(11)12/h1-4,8-9,13H,5H2. The molecule has 0 spiro atoms. The summed E-state index contributed by atoms with van der Waals surface area (Å²) in [5.41, 5.74) is 0.181. The molecule has 1 aromatic rings. The molecule has 0 aliphatic rings. The third-order valence-corrected chi connectivity index (χ3v) is 1.63. The number of hydrogen-bond donors (Lipinski definition) is 1. The molecule has 0 bridgehead atoms. The van der Waals surface area contributed by atoms with Gasteiger partial charge in [-0.15, -0.1) is 0 Å². The van der Waals surface area contributed by atoms with Gasteiger partial charge in [0.1, 0.15) is 5.82 Å². The van der Waals surface area contributed by atoms with E-state index in [1.807, 2.05) is 0 Å². The molecule has 4 heteroatoms. The van der Waals surface area contributed by atoms with Gasteiger partial charge in [-0.2, -0.15) is 0 Å². The lowest BCUT2D eigenvalue weighted by molar-refractivity contribution is 0.0609. The van der Waals surface area contributed by atoms with Gasteiger partial charge in [-0.25, -0.2) is 13.2 Å². The first-order chi connectivity index (χ1) is 6.09. The molecule has 72 valence electrons. The van der Waals surface area contributed by atoms with E-state index in [0.717, 1.165) is 6.07 Å². The zero-order chi connectivity index (χ0) is 9.84. The highest BCUT2D eigenvalue weighted by atomic mass is 19.3. The van der Waals surface area contributed by atoms with Gasteiger partial charge in [0, 0.05) is 6.42 Å². The maximum Gasteiger partial charge on any atom is 0.241 e. The van der Waals surface area contributed by atoms with Crippen LogP contribution in [-0.4, -0.2) is 11.5 Å². The number of benzene rings is 1. The minimum atomic E-state index is -2.58. The van der Waals surface area contributed by atoms with Crippen molar-refractivity contribution >= 4 is 0 Å². The highest BCUT2D eigenvalue weighted by Crippen LogP contribution is 2.20. The van der Waals surface area contributed by atoms with E-state index in [2.05, 4.69) is 0 Å². The smallest absolute Gasteiger partial charge is 0.241 e. The molecule has 1 rings (SSSR count). The summed E-state index contributed by atoms with van der Waals surface area (Å²) in [5, 5.41) is 9.17. The Kier molecular flexibility index (Phi) is 3.31. The number of alkyl halides is 2. The van der Waals surface area contributed by atoms with Crippen LogP contribution >= 0.6 is 0 Å². The average molecular weight is 190 g/mol. The van der Waals surface area contributed by atoms with E-state index in [0.29, 0.717) is 0 Å². The maximum absolute atomic E-state index is 12.6. The van der Waals surface area contributed by atoms with Gasteiger partial charge in [-0.3, -0.25) is 0 Å². The van der Waals surface area contributed by atoms with Crippen LogP contribution in [0.3, 0.4) is 0 Å². The molecule has 0 aromatic heterocycles. The Bertz CT molecular complexity index is 275. The zero-order valence-corrected chi connectivity index (χ0v) is 6.75. The Morgan fingerprint density at radius 1 is 1.31 bits per heavy atom. The topological polar surface area (TPSA) is 20.2 Å². The molecule has 0 radical (unpaired) electrons. The molecule has 1 N–H and O–H groups in total. The molecule has 1 atom stereocenters. The van der Waals surface area contributed by atoms with Crippen LogP contribution in [0.25, 0.3) is 0 Å². The summed E-state index contributed by atoms with van der Waals surface area (Å²) in [4.78, 5) is 0. The Morgan fingerprint density at radius 3 is 2.54 bits per heavy atom. The van der Waals surface area contributed by atoms with Crippen molar-refractivity contribution in [2.24, 2.45) is 0 Å². The minimum Gasteiger partial charge on any atom is -0.388 e. The van der Waals surface area contributed by atoms with Crippen LogP contribution in [0.4, 0.5) is 13.2 Å². The van der Waals surface area contributed by atoms with Gasteiger partial charge in [0.05, 0.1) is 6.10 Å². The first kappa shape index (κ1) is 10.1. The van der Waals surface area contributed by atoms with Gasteiger partial charge in [-0.05, 0) is 17.7 Å². The fourth-order valence-electron chi connectivity index (χ4n) is 1.02. The van der Waals surface area contributed by atoms with Crippen LogP contribution in [-0.2, 0) is 0 Å². The molecule has 0 heterocycles. The highest BCUT2D eigenvalue weighted by Gasteiger charge is 2.14. The maximum atomic E-state index is 12.6. The molecule has 13 heavy (non-hydrogen) atoms. The van der Waals surface area contributed by atoms with E-state index in [-0.39, 0.29) is 5.56 Å². The Hall–Kier alpha value is -1.03. The van der Waals surface area contributed by atoms with Crippen LogP contribution in [0.2, 0.25) is 0 Å². The van der Waals surface area contributed by atoms with Gasteiger partial charge in [0.15, 0.2) is 0 Å². The number of hydrogen-bond acceptors (Lipinski definition) is 1. The van der Waals surface area contributed by atoms with Crippen molar-refractivity contribution in [3.8, 4) is 0 Å². The van der Waals surface area contributed by atoms with E-state index >= 15 is 0 Å². The summed E-state index contributed by atoms with van der Waals surface area (Å²) in [5.74, 6) is -0.536. The SMILES string of the molecule is OC(CC(F)F)c1cccc(F)c1. The molecule has 0 fully saturated rings. The zero-order valence-electron chi connectivity index (χ0n) is 6.75. The fourth-order valence-corrected chi connectivity index (χ4v) is 1.02. The lowest BCUT2D eigenvalue weighted by atomic mass is 10.1. The predicted molar refractivity (Wildman–Crippen MR) is 42.0 cm³/mol. The molecule has 0 saturated heterocycles. The summed E-state index contributed by atoms with van der Waals surface area (Å²) in [7, 11) is 0. The molecule has 1 nitrogen and oxygen atoms in total. The van der Waals surface area contributed by atoms with E-state index in [4.69, 9.17) is 5.11 Å². The second-order valence-electron chi connectivity index (χ2n) is 2.70. The summed E-state index contributed by atoms with van der Waals surface area (Å²) in [6.07, 6.45) is -4.54. The summed E-state index contributed by atoms with van der Waals surface area (Å²) in [6, 6.07) is 5.03. The van der Waals surface area contributed by atoms with E-state index in [1.54, 1.807) is 0 Å². The monoisotopic (exact) mass is 190 g/mol. The number of aliphatic hydroxyl groups is 1. The van der Waals surface area contributed by atoms with Gasteiger partial charge >= 0.3 is 0 Å². The van der Waals surface area contributed by atoms with Crippen LogP contribution in [0.1, 0.15) is 18.1 Å². The van der Waals surface area contributed by atoms with Crippen molar-refractivity contribution in [2.75, 3.05) is 0 Å². The molecular formula is C9H9F3O. The van der Waals surface area contributed by atoms with Crippen LogP contribution in [0.5, 0.6) is 0 Å². The summed E-state index contributed by atoms with van der Waals surface area (Å²) < 4.78 is 36.2. The van der Waals surface area contributed by atoms with Crippen molar-refractivity contribution in [3.63, 3.8) is 0 Å². The van der Waals surface area contributed by atoms with Crippen molar-refractivity contribution in [3.05, 3.63) is 35.6 Å². The second-order valence-corrected chi connectivity index (χ2v) is 2.70. The molecule has 0 aliphatic heterocycles. The second kappa shape index (κ2) is 4.28. The van der Waals surface area contributed by atoms with Gasteiger partial charge < -0.3 is 5.11 Å². The first-order valence-corrected chi connectivity index (χ1v) is 3.81. The van der Waals surface area contributed by atoms with Crippen LogP contribution in [0, 0.1) is 5.82 Å². The summed E-state index contributed by atoms with van der Waals surface area (Å²) in [6.45, 7) is 0. The Balaban J connectivity index is 2.71. The summed E-state index contributed by atoms with van der Waals surface area (Å²) >= 11 is 0. The predicted octanol–water partition coefficient (Wildman–Crippen LogP) is 2.51. The third-order valence-electron chi connectivity index (χ3n) is 1.63. The molecule has 0 amide bonds.